The lowest BCUT2D eigenvalue weighted by atomic mass is 9.77. The van der Waals surface area contributed by atoms with Crippen molar-refractivity contribution < 1.29 is 0 Å². The highest BCUT2D eigenvalue weighted by atomic mass is 16.2. The third-order valence-corrected chi connectivity index (χ3v) is 3.60. The van der Waals surface area contributed by atoms with Crippen molar-refractivity contribution in [1.82, 2.24) is 19.8 Å². The summed E-state index contributed by atoms with van der Waals surface area (Å²) >= 11 is 0. The van der Waals surface area contributed by atoms with Crippen molar-refractivity contribution in [2.75, 3.05) is 0 Å². The first kappa shape index (κ1) is 11.0. The summed E-state index contributed by atoms with van der Waals surface area (Å²) < 4.78 is 2.78. The molecule has 1 heterocycles. The fourth-order valence-corrected chi connectivity index (χ4v) is 2.30. The first-order valence-electron chi connectivity index (χ1n) is 6.01. The van der Waals surface area contributed by atoms with Gasteiger partial charge in [-0.3, -0.25) is 0 Å². The molecule has 1 saturated carbocycles. The molecular formula is C13H14N4O. The van der Waals surface area contributed by atoms with Crippen LogP contribution in [-0.4, -0.2) is 19.8 Å². The Morgan fingerprint density at radius 1 is 1.22 bits per heavy atom. The van der Waals surface area contributed by atoms with Crippen molar-refractivity contribution in [2.24, 2.45) is 0 Å². The van der Waals surface area contributed by atoms with Gasteiger partial charge in [-0.1, -0.05) is 24.3 Å². The van der Waals surface area contributed by atoms with Gasteiger partial charge in [-0.15, -0.1) is 6.58 Å². The van der Waals surface area contributed by atoms with Crippen molar-refractivity contribution in [2.45, 2.75) is 24.8 Å². The van der Waals surface area contributed by atoms with Crippen LogP contribution >= 0.6 is 0 Å². The predicted octanol–water partition coefficient (Wildman–Crippen LogP) is 1.49. The molecule has 0 N–H and O–H groups in total. The van der Waals surface area contributed by atoms with Gasteiger partial charge in [0.15, 0.2) is 0 Å². The van der Waals surface area contributed by atoms with Crippen LogP contribution in [-0.2, 0) is 5.54 Å². The molecule has 1 aromatic carbocycles. The van der Waals surface area contributed by atoms with Gasteiger partial charge in [0.2, 0.25) is 0 Å². The second kappa shape index (κ2) is 3.94. The fourth-order valence-electron chi connectivity index (χ4n) is 2.30. The van der Waals surface area contributed by atoms with Gasteiger partial charge in [-0.05, 0) is 41.8 Å². The van der Waals surface area contributed by atoms with Gasteiger partial charge >= 0.3 is 5.69 Å². The highest BCUT2D eigenvalue weighted by Gasteiger charge is 2.39. The number of allylic oxidation sites excluding steroid dienone is 1. The number of rotatable bonds is 3. The van der Waals surface area contributed by atoms with Gasteiger partial charge in [0.25, 0.3) is 0 Å². The lowest BCUT2D eigenvalue weighted by Crippen LogP contribution is -2.45. The van der Waals surface area contributed by atoms with Crippen molar-refractivity contribution >= 4 is 0 Å². The predicted molar refractivity (Wildman–Crippen MR) is 67.6 cm³/mol. The molecule has 2 aromatic rings. The Hall–Kier alpha value is -2.17. The van der Waals surface area contributed by atoms with Crippen molar-refractivity contribution in [3.63, 3.8) is 0 Å². The van der Waals surface area contributed by atoms with Crippen LogP contribution in [0.1, 0.15) is 19.3 Å². The second-order valence-corrected chi connectivity index (χ2v) is 4.58. The summed E-state index contributed by atoms with van der Waals surface area (Å²) in [5.74, 6) is 0. The van der Waals surface area contributed by atoms with E-state index in [0.29, 0.717) is 0 Å². The number of hydrogen-bond acceptors (Lipinski definition) is 3. The number of nitrogens with zero attached hydrogens (tertiary/aromatic N) is 4. The standard InChI is InChI=1S/C13H14N4O/c1-2-13(9-6-10-13)17-12(18)16(14-15-17)11-7-4-3-5-8-11/h2-5,7-8H,1,6,9-10H2. The van der Waals surface area contributed by atoms with Crippen LogP contribution in [0.5, 0.6) is 0 Å². The van der Waals surface area contributed by atoms with Crippen LogP contribution in [0.3, 0.4) is 0 Å². The normalized spacial score (nSPS) is 17.1. The molecule has 0 bridgehead atoms. The van der Waals surface area contributed by atoms with Crippen LogP contribution in [0.25, 0.3) is 5.69 Å². The molecule has 1 aliphatic rings. The molecule has 0 spiro atoms. The Balaban J connectivity index is 2.09. The number of benzene rings is 1. The summed E-state index contributed by atoms with van der Waals surface area (Å²) in [6, 6.07) is 9.31. The third kappa shape index (κ3) is 1.44. The zero-order valence-corrected chi connectivity index (χ0v) is 9.99. The van der Waals surface area contributed by atoms with E-state index in [0.717, 1.165) is 24.9 Å². The Morgan fingerprint density at radius 3 is 2.50 bits per heavy atom. The summed E-state index contributed by atoms with van der Waals surface area (Å²) in [6.45, 7) is 3.82. The summed E-state index contributed by atoms with van der Waals surface area (Å²) in [6.07, 6.45) is 4.71. The van der Waals surface area contributed by atoms with E-state index in [1.54, 1.807) is 0 Å². The Morgan fingerprint density at radius 2 is 1.94 bits per heavy atom. The molecule has 1 aliphatic carbocycles. The molecule has 3 rings (SSSR count). The Bertz CT molecular complexity index is 622. The Labute approximate surface area is 104 Å². The lowest BCUT2D eigenvalue weighted by molar-refractivity contribution is 0.178. The van der Waals surface area contributed by atoms with Crippen LogP contribution in [0.2, 0.25) is 0 Å². The average Bonchev–Trinajstić information content (AvgIpc) is 2.73. The van der Waals surface area contributed by atoms with E-state index in [4.69, 9.17) is 0 Å². The summed E-state index contributed by atoms with van der Waals surface area (Å²) in [5, 5.41) is 7.95. The Kier molecular flexibility index (Phi) is 2.40. The van der Waals surface area contributed by atoms with Gasteiger partial charge in [-0.2, -0.15) is 9.36 Å². The molecule has 0 radical (unpaired) electrons. The van der Waals surface area contributed by atoms with Crippen molar-refractivity contribution in [3.8, 4) is 5.69 Å². The van der Waals surface area contributed by atoms with E-state index < -0.39 is 0 Å². The maximum absolute atomic E-state index is 12.3. The molecule has 1 aromatic heterocycles. The van der Waals surface area contributed by atoms with Crippen LogP contribution in [0.4, 0.5) is 0 Å². The molecule has 92 valence electrons. The molecule has 0 aliphatic heterocycles. The van der Waals surface area contributed by atoms with E-state index in [2.05, 4.69) is 17.0 Å². The fraction of sp³-hybridized carbons (Fsp3) is 0.308. The van der Waals surface area contributed by atoms with E-state index in [-0.39, 0.29) is 11.2 Å². The summed E-state index contributed by atoms with van der Waals surface area (Å²) in [4.78, 5) is 12.3. The van der Waals surface area contributed by atoms with E-state index in [9.17, 15) is 4.79 Å². The zero-order chi connectivity index (χ0) is 12.6. The van der Waals surface area contributed by atoms with E-state index in [1.807, 2.05) is 36.4 Å². The minimum Gasteiger partial charge on any atom is -0.244 e. The van der Waals surface area contributed by atoms with Crippen LogP contribution in [0.15, 0.2) is 47.8 Å². The molecule has 0 saturated heterocycles. The van der Waals surface area contributed by atoms with Gasteiger partial charge in [-0.25, -0.2) is 4.79 Å². The first-order chi connectivity index (χ1) is 8.77. The summed E-state index contributed by atoms with van der Waals surface area (Å²) in [5.41, 5.74) is 0.192. The topological polar surface area (TPSA) is 52.7 Å². The largest absolute Gasteiger partial charge is 0.369 e. The maximum Gasteiger partial charge on any atom is 0.369 e. The van der Waals surface area contributed by atoms with Gasteiger partial charge in [0.05, 0.1) is 11.2 Å². The molecular weight excluding hydrogens is 228 g/mol. The highest BCUT2D eigenvalue weighted by Crippen LogP contribution is 2.38. The second-order valence-electron chi connectivity index (χ2n) is 4.58. The van der Waals surface area contributed by atoms with Gasteiger partial charge in [0.1, 0.15) is 0 Å². The van der Waals surface area contributed by atoms with Crippen LogP contribution in [0, 0.1) is 0 Å². The number of tetrazole rings is 1. The molecule has 0 unspecified atom stereocenters. The van der Waals surface area contributed by atoms with Crippen LogP contribution < -0.4 is 5.69 Å². The summed E-state index contributed by atoms with van der Waals surface area (Å²) in [7, 11) is 0. The monoisotopic (exact) mass is 242 g/mol. The zero-order valence-electron chi connectivity index (χ0n) is 9.99. The van der Waals surface area contributed by atoms with Crippen molar-refractivity contribution in [1.29, 1.82) is 0 Å². The van der Waals surface area contributed by atoms with Crippen molar-refractivity contribution in [3.05, 3.63) is 53.5 Å². The number of para-hydroxylation sites is 1. The quantitative estimate of drug-likeness (QED) is 0.766. The van der Waals surface area contributed by atoms with Gasteiger partial charge < -0.3 is 0 Å². The third-order valence-electron chi connectivity index (χ3n) is 3.60. The molecule has 0 atom stereocenters. The van der Waals surface area contributed by atoms with E-state index >= 15 is 0 Å². The average molecular weight is 242 g/mol. The molecule has 1 fully saturated rings. The molecule has 5 nitrogen and oxygen atoms in total. The highest BCUT2D eigenvalue weighted by molar-refractivity contribution is 5.29. The SMILES string of the molecule is C=CC1(n2nnn(-c3ccccc3)c2=O)CCC1. The number of aromatic nitrogens is 4. The molecule has 5 heteroatoms. The maximum atomic E-state index is 12.3. The van der Waals surface area contributed by atoms with E-state index in [1.165, 1.54) is 9.36 Å². The lowest BCUT2D eigenvalue weighted by Gasteiger charge is -2.37. The molecule has 0 amide bonds. The minimum absolute atomic E-state index is 0.208. The number of hydrogen-bond donors (Lipinski definition) is 0. The van der Waals surface area contributed by atoms with Gasteiger partial charge in [0, 0.05) is 0 Å². The molecule has 18 heavy (non-hydrogen) atoms. The first-order valence-corrected chi connectivity index (χ1v) is 6.01. The minimum atomic E-state index is -0.329. The smallest absolute Gasteiger partial charge is 0.244 e.